The van der Waals surface area contributed by atoms with E-state index in [1.807, 2.05) is 0 Å². The Morgan fingerprint density at radius 2 is 1.20 bits per heavy atom. The third kappa shape index (κ3) is 17.2. The predicted octanol–water partition coefficient (Wildman–Crippen LogP) is 7.68. The van der Waals surface area contributed by atoms with Crippen LogP contribution in [0.3, 0.4) is 0 Å². The molecule has 0 unspecified atom stereocenters. The molecular weight excluding hydrogens is 483 g/mol. The van der Waals surface area contributed by atoms with Crippen LogP contribution in [0.5, 0.6) is 0 Å². The van der Waals surface area contributed by atoms with Crippen molar-refractivity contribution in [1.82, 2.24) is 0 Å². The van der Waals surface area contributed by atoms with Crippen LogP contribution in [0.25, 0.3) is 0 Å². The molecule has 0 heterocycles. The normalized spacial score (nSPS) is 11.8. The van der Waals surface area contributed by atoms with Crippen molar-refractivity contribution in [2.24, 2.45) is 0 Å². The number of carbonyl (C=O) groups is 2. The summed E-state index contributed by atoms with van der Waals surface area (Å²) < 4.78 is 12.0. The fourth-order valence-corrected chi connectivity index (χ4v) is 18.0. The van der Waals surface area contributed by atoms with Crippen LogP contribution in [0.2, 0.25) is 13.3 Å². The van der Waals surface area contributed by atoms with Crippen molar-refractivity contribution >= 4 is 30.3 Å². The zero-order chi connectivity index (χ0) is 22.5. The van der Waals surface area contributed by atoms with Gasteiger partial charge in [0.15, 0.2) is 0 Å². The average Bonchev–Trinajstić information content (AvgIpc) is 2.73. The van der Waals surface area contributed by atoms with Crippen LogP contribution in [-0.2, 0) is 14.3 Å². The summed E-state index contributed by atoms with van der Waals surface area (Å²) in [7, 11) is 0. The van der Waals surface area contributed by atoms with E-state index in [1.165, 1.54) is 51.8 Å². The van der Waals surface area contributed by atoms with Crippen molar-refractivity contribution in [2.45, 2.75) is 124 Å². The van der Waals surface area contributed by atoms with Gasteiger partial charge in [-0.2, -0.15) is 0 Å². The Balaban J connectivity index is 4.20. The van der Waals surface area contributed by atoms with E-state index in [-0.39, 0.29) is 12.4 Å². The summed E-state index contributed by atoms with van der Waals surface area (Å²) >= 11 is -2.38. The maximum absolute atomic E-state index is 12.2. The number of unbranched alkanes of at least 4 members (excludes halogenated alkanes) is 9. The summed E-state index contributed by atoms with van der Waals surface area (Å²) in [5.74, 6) is -0.845. The first-order valence-corrected chi connectivity index (χ1v) is 20.3. The monoisotopic (exact) mass is 532 g/mol. The molecule has 30 heavy (non-hydrogen) atoms. The van der Waals surface area contributed by atoms with Gasteiger partial charge in [-0.1, -0.05) is 0 Å². The van der Waals surface area contributed by atoms with Crippen LogP contribution in [-0.4, -0.2) is 42.0 Å². The SMILES string of the molecule is CCC[CH2][Sn](/[CH]=C/C(=O)OCCCCCCCCCC(=O)O)([CH2]CCC)[CH2]CCC. The standard InChI is InChI=1S/C13H21O4.3C4H9.Sn/c1-2-13(16)17-11-9-7-5-3-4-6-8-10-12(14)15;3*1-3-4-2;/h1-2H,3-11H2,(H,14,15);3*1,3-4H2,2H3;. The molecule has 0 aliphatic heterocycles. The molecule has 0 aliphatic carbocycles. The second kappa shape index (κ2) is 20.4. The first-order valence-electron chi connectivity index (χ1n) is 12.6. The molecule has 0 aromatic heterocycles. The van der Waals surface area contributed by atoms with Gasteiger partial charge >= 0.3 is 174 Å². The van der Waals surface area contributed by atoms with E-state index in [1.54, 1.807) is 6.08 Å². The summed E-state index contributed by atoms with van der Waals surface area (Å²) in [5, 5.41) is 8.61. The maximum atomic E-state index is 12.2. The molecular formula is C25H48O4Sn. The Hall–Kier alpha value is -0.521. The van der Waals surface area contributed by atoms with Crippen molar-refractivity contribution in [3.05, 3.63) is 10.2 Å². The second-order valence-corrected chi connectivity index (χ2v) is 21.8. The Morgan fingerprint density at radius 1 is 0.733 bits per heavy atom. The Labute approximate surface area is 190 Å². The van der Waals surface area contributed by atoms with Crippen molar-refractivity contribution in [2.75, 3.05) is 6.61 Å². The van der Waals surface area contributed by atoms with E-state index in [9.17, 15) is 9.59 Å². The van der Waals surface area contributed by atoms with E-state index < -0.39 is 24.3 Å². The molecule has 0 radical (unpaired) electrons. The molecule has 5 heteroatoms. The second-order valence-electron chi connectivity index (χ2n) is 8.79. The first kappa shape index (κ1) is 29.5. The van der Waals surface area contributed by atoms with Gasteiger partial charge in [-0.25, -0.2) is 0 Å². The number of hydrogen-bond donors (Lipinski definition) is 1. The van der Waals surface area contributed by atoms with Gasteiger partial charge in [-0.05, 0) is 0 Å². The Kier molecular flexibility index (Phi) is 20.0. The Bertz CT molecular complexity index is 440. The molecule has 1 N–H and O–H groups in total. The van der Waals surface area contributed by atoms with E-state index in [0.717, 1.165) is 44.9 Å². The predicted molar refractivity (Wildman–Crippen MR) is 130 cm³/mol. The van der Waals surface area contributed by atoms with Crippen LogP contribution in [0.15, 0.2) is 10.2 Å². The number of esters is 1. The van der Waals surface area contributed by atoms with Gasteiger partial charge in [0.05, 0.1) is 0 Å². The molecule has 0 saturated carbocycles. The van der Waals surface area contributed by atoms with Gasteiger partial charge in [0, 0.05) is 6.42 Å². The number of aliphatic carboxylic acids is 1. The summed E-state index contributed by atoms with van der Waals surface area (Å²) in [6.07, 6.45) is 16.8. The topological polar surface area (TPSA) is 63.6 Å². The number of hydrogen-bond acceptors (Lipinski definition) is 3. The van der Waals surface area contributed by atoms with Gasteiger partial charge in [0.1, 0.15) is 0 Å². The van der Waals surface area contributed by atoms with Crippen LogP contribution in [0, 0.1) is 0 Å². The molecule has 0 atom stereocenters. The third-order valence-electron chi connectivity index (χ3n) is 5.94. The van der Waals surface area contributed by atoms with E-state index >= 15 is 0 Å². The van der Waals surface area contributed by atoms with Crippen molar-refractivity contribution in [3.8, 4) is 0 Å². The molecule has 0 aromatic rings. The van der Waals surface area contributed by atoms with Gasteiger partial charge in [-0.3, -0.25) is 4.79 Å². The minimum absolute atomic E-state index is 0.144. The number of rotatable bonds is 21. The number of carboxylic acid groups (broad SMARTS) is 1. The van der Waals surface area contributed by atoms with Crippen molar-refractivity contribution in [3.63, 3.8) is 0 Å². The quantitative estimate of drug-likeness (QED) is 0.0715. The fraction of sp³-hybridized carbons (Fsp3) is 0.840. The number of carboxylic acids is 1. The minimum atomic E-state index is -2.38. The summed E-state index contributed by atoms with van der Waals surface area (Å²) in [5.41, 5.74) is 0. The molecule has 0 spiro atoms. The van der Waals surface area contributed by atoms with E-state index in [4.69, 9.17) is 9.84 Å². The van der Waals surface area contributed by atoms with Crippen molar-refractivity contribution < 1.29 is 19.4 Å². The molecule has 0 aliphatic rings. The Morgan fingerprint density at radius 3 is 1.67 bits per heavy atom. The van der Waals surface area contributed by atoms with Crippen LogP contribution >= 0.6 is 0 Å². The van der Waals surface area contributed by atoms with E-state index in [0.29, 0.717) is 6.61 Å². The van der Waals surface area contributed by atoms with Crippen LogP contribution in [0.1, 0.15) is 111 Å². The molecule has 0 fully saturated rings. The third-order valence-corrected chi connectivity index (χ3v) is 20.0. The fourth-order valence-electron chi connectivity index (χ4n) is 3.94. The van der Waals surface area contributed by atoms with E-state index in [2.05, 4.69) is 24.9 Å². The molecule has 0 amide bonds. The van der Waals surface area contributed by atoms with Crippen LogP contribution < -0.4 is 0 Å². The number of ether oxygens (including phenoxy) is 1. The zero-order valence-corrected chi connectivity index (χ0v) is 22.9. The van der Waals surface area contributed by atoms with Gasteiger partial charge < -0.3 is 5.11 Å². The van der Waals surface area contributed by atoms with Gasteiger partial charge in [-0.15, -0.1) is 0 Å². The molecule has 0 rings (SSSR count). The molecule has 0 bridgehead atoms. The number of carbonyl (C=O) groups excluding carboxylic acids is 1. The van der Waals surface area contributed by atoms with Gasteiger partial charge in [0.25, 0.3) is 0 Å². The first-order chi connectivity index (χ1) is 14.5. The van der Waals surface area contributed by atoms with Crippen LogP contribution in [0.4, 0.5) is 0 Å². The molecule has 0 aromatic carbocycles. The summed E-state index contributed by atoms with van der Waals surface area (Å²) in [6, 6.07) is 0. The molecule has 4 nitrogen and oxygen atoms in total. The molecule has 0 saturated heterocycles. The van der Waals surface area contributed by atoms with Gasteiger partial charge in [0.2, 0.25) is 0 Å². The molecule has 176 valence electrons. The summed E-state index contributed by atoms with van der Waals surface area (Å²) in [6.45, 7) is 7.32. The van der Waals surface area contributed by atoms with Crippen molar-refractivity contribution in [1.29, 1.82) is 0 Å². The summed E-state index contributed by atoms with van der Waals surface area (Å²) in [4.78, 5) is 22.7. The average molecular weight is 531 g/mol. The zero-order valence-electron chi connectivity index (χ0n) is 20.1.